The molecule has 7 nitrogen and oxygen atoms in total. The second kappa shape index (κ2) is 11.1. The maximum Gasteiger partial charge on any atom is 0.255 e. The van der Waals surface area contributed by atoms with Crippen molar-refractivity contribution in [1.29, 1.82) is 5.26 Å². The summed E-state index contributed by atoms with van der Waals surface area (Å²) in [5.41, 5.74) is 9.21. The first-order valence-corrected chi connectivity index (χ1v) is 11.9. The van der Waals surface area contributed by atoms with E-state index in [1.54, 1.807) is 71.9 Å². The molecule has 178 valence electrons. The molecule has 0 radical (unpaired) electrons. The van der Waals surface area contributed by atoms with Gasteiger partial charge in [-0.25, -0.2) is 0 Å². The van der Waals surface area contributed by atoms with Gasteiger partial charge < -0.3 is 16.0 Å². The molecule has 1 heterocycles. The van der Waals surface area contributed by atoms with Crippen LogP contribution in [0, 0.1) is 11.3 Å². The number of carbonyl (C=O) groups excluding carboxylic acids is 2. The molecule has 4 rings (SSSR count). The first kappa shape index (κ1) is 24.4. The molecule has 3 aromatic rings. The minimum Gasteiger partial charge on any atom is -0.330 e. The van der Waals surface area contributed by atoms with Crippen LogP contribution >= 0.6 is 11.6 Å². The molecule has 0 spiro atoms. The van der Waals surface area contributed by atoms with Crippen molar-refractivity contribution in [3.8, 4) is 6.07 Å². The van der Waals surface area contributed by atoms with E-state index in [1.165, 1.54) is 0 Å². The van der Waals surface area contributed by atoms with Crippen molar-refractivity contribution in [2.45, 2.75) is 44.3 Å². The summed E-state index contributed by atoms with van der Waals surface area (Å²) >= 11 is 6.53. The van der Waals surface area contributed by atoms with Crippen LogP contribution in [0.2, 0.25) is 5.02 Å². The smallest absolute Gasteiger partial charge is 0.255 e. The van der Waals surface area contributed by atoms with E-state index in [2.05, 4.69) is 16.4 Å². The van der Waals surface area contributed by atoms with Crippen LogP contribution in [0.5, 0.6) is 0 Å². The molecule has 35 heavy (non-hydrogen) atoms. The summed E-state index contributed by atoms with van der Waals surface area (Å²) in [5, 5.41) is 12.5. The van der Waals surface area contributed by atoms with Gasteiger partial charge in [0.15, 0.2) is 0 Å². The highest BCUT2D eigenvalue weighted by molar-refractivity contribution is 6.31. The number of hydrogen-bond donors (Lipinski definition) is 2. The molecule has 2 atom stereocenters. The zero-order chi connectivity index (χ0) is 24.8. The Morgan fingerprint density at radius 2 is 1.77 bits per heavy atom. The Kier molecular flexibility index (Phi) is 7.76. The minimum absolute atomic E-state index is 0.139. The van der Waals surface area contributed by atoms with Crippen molar-refractivity contribution in [3.05, 3.63) is 94.3 Å². The number of nitrogens with zero attached hydrogens (tertiary/aromatic N) is 3. The van der Waals surface area contributed by atoms with E-state index >= 15 is 0 Å². The van der Waals surface area contributed by atoms with E-state index in [9.17, 15) is 9.59 Å². The van der Waals surface area contributed by atoms with Gasteiger partial charge in [0.1, 0.15) is 0 Å². The molecule has 3 N–H and O–H groups in total. The molecule has 2 unspecified atom stereocenters. The molecule has 1 aromatic heterocycles. The number of amides is 2. The zero-order valence-corrected chi connectivity index (χ0v) is 19.9. The summed E-state index contributed by atoms with van der Waals surface area (Å²) in [4.78, 5) is 31.9. The molecule has 0 bridgehead atoms. The van der Waals surface area contributed by atoms with Gasteiger partial charge in [0.25, 0.3) is 11.8 Å². The van der Waals surface area contributed by atoms with Crippen LogP contribution in [0.25, 0.3) is 0 Å². The highest BCUT2D eigenvalue weighted by Gasteiger charge is 2.32. The SMILES string of the molecule is N#Cc1ccc(C(=O)N(Cc2cc(NC(=O)c3ccncc3)ccc2Cl)C2CCCCC2N)cc1. The van der Waals surface area contributed by atoms with Crippen LogP contribution in [0.1, 0.15) is 57.5 Å². The van der Waals surface area contributed by atoms with Gasteiger partial charge in [0.05, 0.1) is 11.6 Å². The molecule has 8 heteroatoms. The normalized spacial score (nSPS) is 17.3. The van der Waals surface area contributed by atoms with Gasteiger partial charge >= 0.3 is 0 Å². The molecule has 1 aliphatic carbocycles. The number of carbonyl (C=O) groups is 2. The number of nitrogens with two attached hydrogens (primary N) is 1. The fourth-order valence-electron chi connectivity index (χ4n) is 4.38. The second-order valence-corrected chi connectivity index (χ2v) is 9.04. The average molecular weight is 488 g/mol. The van der Waals surface area contributed by atoms with Crippen LogP contribution in [0.3, 0.4) is 0 Å². The minimum atomic E-state index is -0.263. The topological polar surface area (TPSA) is 112 Å². The average Bonchev–Trinajstić information content (AvgIpc) is 2.89. The van der Waals surface area contributed by atoms with Gasteiger partial charge in [-0.2, -0.15) is 5.26 Å². The maximum absolute atomic E-state index is 13.6. The number of hydrogen-bond acceptors (Lipinski definition) is 5. The van der Waals surface area contributed by atoms with Crippen molar-refractivity contribution in [2.75, 3.05) is 5.32 Å². The van der Waals surface area contributed by atoms with Crippen LogP contribution in [-0.4, -0.2) is 33.8 Å². The fourth-order valence-corrected chi connectivity index (χ4v) is 4.56. The molecule has 2 aromatic carbocycles. The number of nitriles is 1. The highest BCUT2D eigenvalue weighted by atomic mass is 35.5. The Balaban J connectivity index is 1.61. The van der Waals surface area contributed by atoms with Gasteiger partial charge in [0, 0.05) is 52.9 Å². The first-order valence-electron chi connectivity index (χ1n) is 11.5. The summed E-state index contributed by atoms with van der Waals surface area (Å²) in [6.07, 6.45) is 6.79. The number of halogens is 1. The summed E-state index contributed by atoms with van der Waals surface area (Å²) < 4.78 is 0. The Morgan fingerprint density at radius 1 is 1.06 bits per heavy atom. The molecule has 0 aliphatic heterocycles. The predicted octanol–water partition coefficient (Wildman–Crippen LogP) is 4.77. The van der Waals surface area contributed by atoms with Gasteiger partial charge in [-0.3, -0.25) is 14.6 Å². The molecule has 2 amide bonds. The summed E-state index contributed by atoms with van der Waals surface area (Å²) in [5.74, 6) is -0.431. The number of anilines is 1. The van der Waals surface area contributed by atoms with Gasteiger partial charge in [0.2, 0.25) is 0 Å². The lowest BCUT2D eigenvalue weighted by Gasteiger charge is -2.38. The third-order valence-electron chi connectivity index (χ3n) is 6.29. The Hall–Kier alpha value is -3.73. The van der Waals surface area contributed by atoms with E-state index < -0.39 is 0 Å². The van der Waals surface area contributed by atoms with Gasteiger partial charge in [-0.05, 0) is 73.0 Å². The van der Waals surface area contributed by atoms with E-state index in [0.717, 1.165) is 25.7 Å². The summed E-state index contributed by atoms with van der Waals surface area (Å²) in [6, 6.07) is 16.9. The molecule has 1 saturated carbocycles. The van der Waals surface area contributed by atoms with Crippen molar-refractivity contribution in [3.63, 3.8) is 0 Å². The third kappa shape index (κ3) is 5.86. The third-order valence-corrected chi connectivity index (χ3v) is 6.66. The molecular formula is C27H26ClN5O2. The standard InChI is InChI=1S/C27H26ClN5O2/c28-23-10-9-22(32-26(34)19-11-13-31-14-12-19)15-21(23)17-33(25-4-2-1-3-24(25)30)27(35)20-7-5-18(16-29)6-8-20/h5-15,24-25H,1-4,17,30H2,(H,32,34). The maximum atomic E-state index is 13.6. The summed E-state index contributed by atoms with van der Waals surface area (Å²) in [6.45, 7) is 0.245. The quantitative estimate of drug-likeness (QED) is 0.520. The monoisotopic (exact) mass is 487 g/mol. The molecule has 0 saturated heterocycles. The largest absolute Gasteiger partial charge is 0.330 e. The number of nitrogens with one attached hydrogen (secondary N) is 1. The Labute approximate surface area is 209 Å². The first-order chi connectivity index (χ1) is 17.0. The summed E-state index contributed by atoms with van der Waals surface area (Å²) in [7, 11) is 0. The van der Waals surface area contributed by atoms with Crippen LogP contribution in [0.4, 0.5) is 5.69 Å². The second-order valence-electron chi connectivity index (χ2n) is 8.63. The number of rotatable bonds is 6. The van der Waals surface area contributed by atoms with Crippen LogP contribution in [-0.2, 0) is 6.54 Å². The van der Waals surface area contributed by atoms with E-state index in [0.29, 0.717) is 33.0 Å². The van der Waals surface area contributed by atoms with Gasteiger partial charge in [-0.15, -0.1) is 0 Å². The van der Waals surface area contributed by atoms with Crippen molar-refractivity contribution in [1.82, 2.24) is 9.88 Å². The molecule has 1 fully saturated rings. The Morgan fingerprint density at radius 3 is 2.46 bits per heavy atom. The molecular weight excluding hydrogens is 462 g/mol. The Bertz CT molecular complexity index is 1240. The highest BCUT2D eigenvalue weighted by Crippen LogP contribution is 2.29. The lowest BCUT2D eigenvalue weighted by atomic mass is 9.89. The van der Waals surface area contributed by atoms with Crippen LogP contribution in [0.15, 0.2) is 67.0 Å². The fraction of sp³-hybridized carbons (Fsp3) is 0.259. The lowest BCUT2D eigenvalue weighted by Crippen LogP contribution is -2.51. The van der Waals surface area contributed by atoms with E-state index in [-0.39, 0.29) is 30.4 Å². The zero-order valence-electron chi connectivity index (χ0n) is 19.2. The lowest BCUT2D eigenvalue weighted by molar-refractivity contribution is 0.0583. The number of aromatic nitrogens is 1. The molecule has 1 aliphatic rings. The van der Waals surface area contributed by atoms with E-state index in [1.807, 2.05) is 0 Å². The van der Waals surface area contributed by atoms with Crippen molar-refractivity contribution < 1.29 is 9.59 Å². The number of pyridine rings is 1. The predicted molar refractivity (Wildman–Crippen MR) is 135 cm³/mol. The van der Waals surface area contributed by atoms with E-state index in [4.69, 9.17) is 22.6 Å². The van der Waals surface area contributed by atoms with Gasteiger partial charge in [-0.1, -0.05) is 24.4 Å². The van der Waals surface area contributed by atoms with Crippen molar-refractivity contribution in [2.24, 2.45) is 5.73 Å². The van der Waals surface area contributed by atoms with Crippen LogP contribution < -0.4 is 11.1 Å². The number of benzene rings is 2. The van der Waals surface area contributed by atoms with Crippen molar-refractivity contribution >= 4 is 29.1 Å².